The van der Waals surface area contributed by atoms with E-state index in [1.165, 1.54) is 0 Å². The van der Waals surface area contributed by atoms with Crippen LogP contribution in [0.3, 0.4) is 0 Å². The van der Waals surface area contributed by atoms with Gasteiger partial charge in [-0.05, 0) is 42.7 Å². The number of carbonyl (C=O) groups is 1. The molecule has 1 aromatic heterocycles. The van der Waals surface area contributed by atoms with E-state index in [0.717, 1.165) is 28.7 Å². The molecule has 5 heteroatoms. The minimum absolute atomic E-state index is 0.127. The van der Waals surface area contributed by atoms with Crippen molar-refractivity contribution >= 4 is 21.9 Å². The fourth-order valence-electron chi connectivity index (χ4n) is 3.08. The van der Waals surface area contributed by atoms with Gasteiger partial charge in [0.05, 0.1) is 11.7 Å². The predicted octanol–water partition coefficient (Wildman–Crippen LogP) is 3.48. The number of carboxylic acid groups (broad SMARTS) is 1. The molecule has 2 atom stereocenters. The Balaban J connectivity index is 2.03. The summed E-state index contributed by atoms with van der Waals surface area (Å²) in [6.45, 7) is 0.772. The van der Waals surface area contributed by atoms with Crippen LogP contribution in [0.25, 0.3) is 0 Å². The molecule has 1 fully saturated rings. The highest BCUT2D eigenvalue weighted by Crippen LogP contribution is 2.34. The van der Waals surface area contributed by atoms with Crippen LogP contribution in [-0.2, 0) is 4.79 Å². The predicted molar refractivity (Wildman–Crippen MR) is 87.6 cm³/mol. The summed E-state index contributed by atoms with van der Waals surface area (Å²) in [5, 5.41) is 9.50. The van der Waals surface area contributed by atoms with E-state index < -0.39 is 12.0 Å². The van der Waals surface area contributed by atoms with Gasteiger partial charge in [-0.3, -0.25) is 14.7 Å². The van der Waals surface area contributed by atoms with E-state index in [1.54, 1.807) is 6.20 Å². The molecule has 0 spiro atoms. The summed E-state index contributed by atoms with van der Waals surface area (Å²) in [7, 11) is 0. The van der Waals surface area contributed by atoms with Gasteiger partial charge in [0, 0.05) is 17.2 Å². The highest BCUT2D eigenvalue weighted by atomic mass is 79.9. The number of pyridine rings is 1. The van der Waals surface area contributed by atoms with Crippen molar-refractivity contribution in [2.45, 2.75) is 24.9 Å². The van der Waals surface area contributed by atoms with Gasteiger partial charge >= 0.3 is 5.97 Å². The molecule has 0 amide bonds. The minimum atomic E-state index is -0.754. The molecule has 4 nitrogen and oxygen atoms in total. The van der Waals surface area contributed by atoms with Gasteiger partial charge in [0.15, 0.2) is 0 Å². The van der Waals surface area contributed by atoms with Crippen molar-refractivity contribution in [2.75, 3.05) is 6.54 Å². The van der Waals surface area contributed by atoms with Crippen molar-refractivity contribution < 1.29 is 9.90 Å². The standard InChI is InChI=1S/C17H17BrN2O2/c18-13-8-6-12(7-9-13)16(14-4-1-2-10-19-14)20-11-3-5-15(20)17(21)22/h1-2,4,6-10,15-16H,3,5,11H2,(H,21,22). The molecule has 3 rings (SSSR count). The monoisotopic (exact) mass is 360 g/mol. The van der Waals surface area contributed by atoms with Crippen molar-refractivity contribution in [3.63, 3.8) is 0 Å². The van der Waals surface area contributed by atoms with E-state index in [9.17, 15) is 9.90 Å². The van der Waals surface area contributed by atoms with Gasteiger partial charge in [0.25, 0.3) is 0 Å². The summed E-state index contributed by atoms with van der Waals surface area (Å²) >= 11 is 3.45. The fourth-order valence-corrected chi connectivity index (χ4v) is 3.34. The molecule has 1 aliphatic rings. The van der Waals surface area contributed by atoms with Gasteiger partial charge in [-0.25, -0.2) is 0 Å². The van der Waals surface area contributed by atoms with E-state index in [0.29, 0.717) is 6.42 Å². The van der Waals surface area contributed by atoms with E-state index in [4.69, 9.17) is 0 Å². The van der Waals surface area contributed by atoms with Crippen LogP contribution >= 0.6 is 15.9 Å². The number of carboxylic acids is 1. The number of aliphatic carboxylic acids is 1. The van der Waals surface area contributed by atoms with Crippen molar-refractivity contribution in [1.29, 1.82) is 0 Å². The molecule has 1 saturated heterocycles. The van der Waals surface area contributed by atoms with Crippen molar-refractivity contribution in [2.24, 2.45) is 0 Å². The van der Waals surface area contributed by atoms with Gasteiger partial charge in [-0.1, -0.05) is 34.1 Å². The Bertz CT molecular complexity index is 645. The molecule has 1 aromatic carbocycles. The third kappa shape index (κ3) is 3.05. The summed E-state index contributed by atoms with van der Waals surface area (Å²) in [5.41, 5.74) is 1.95. The van der Waals surface area contributed by atoms with Crippen LogP contribution in [0.2, 0.25) is 0 Å². The van der Waals surface area contributed by atoms with Crippen LogP contribution in [0.4, 0.5) is 0 Å². The van der Waals surface area contributed by atoms with Crippen LogP contribution in [-0.4, -0.2) is 33.5 Å². The number of halogens is 1. The number of benzene rings is 1. The highest BCUT2D eigenvalue weighted by molar-refractivity contribution is 9.10. The largest absolute Gasteiger partial charge is 0.480 e. The summed E-state index contributed by atoms with van der Waals surface area (Å²) < 4.78 is 1.01. The maximum Gasteiger partial charge on any atom is 0.320 e. The lowest BCUT2D eigenvalue weighted by Crippen LogP contribution is -2.39. The lowest BCUT2D eigenvalue weighted by molar-refractivity contribution is -0.142. The molecule has 0 aliphatic carbocycles. The van der Waals surface area contributed by atoms with Crippen LogP contribution in [0.1, 0.15) is 30.1 Å². The first-order valence-corrected chi connectivity index (χ1v) is 8.11. The zero-order chi connectivity index (χ0) is 15.5. The molecule has 2 aromatic rings. The Hall–Kier alpha value is -1.72. The second-order valence-electron chi connectivity index (χ2n) is 5.44. The molecule has 1 aliphatic heterocycles. The highest BCUT2D eigenvalue weighted by Gasteiger charge is 2.37. The van der Waals surface area contributed by atoms with Gasteiger partial charge in [-0.15, -0.1) is 0 Å². The molecule has 2 unspecified atom stereocenters. The van der Waals surface area contributed by atoms with Crippen molar-refractivity contribution in [3.05, 3.63) is 64.4 Å². The Labute approximate surface area is 137 Å². The second-order valence-corrected chi connectivity index (χ2v) is 6.36. The van der Waals surface area contributed by atoms with E-state index in [1.807, 2.05) is 47.4 Å². The number of nitrogens with zero attached hydrogens (tertiary/aromatic N) is 2. The van der Waals surface area contributed by atoms with Gasteiger partial charge in [0.1, 0.15) is 6.04 Å². The Morgan fingerprint density at radius 1 is 1.27 bits per heavy atom. The molecule has 0 radical (unpaired) electrons. The van der Waals surface area contributed by atoms with Crippen molar-refractivity contribution in [3.8, 4) is 0 Å². The van der Waals surface area contributed by atoms with Crippen LogP contribution in [0.5, 0.6) is 0 Å². The normalized spacial score (nSPS) is 20.0. The molecule has 0 bridgehead atoms. The lowest BCUT2D eigenvalue weighted by atomic mass is 10.0. The molecule has 22 heavy (non-hydrogen) atoms. The average Bonchev–Trinajstić information content (AvgIpc) is 3.00. The van der Waals surface area contributed by atoms with Gasteiger partial charge in [0.2, 0.25) is 0 Å². The Kier molecular flexibility index (Phi) is 4.55. The summed E-state index contributed by atoms with van der Waals surface area (Å²) in [6.07, 6.45) is 3.35. The maximum atomic E-state index is 11.6. The molecular weight excluding hydrogens is 344 g/mol. The molecule has 0 saturated carbocycles. The SMILES string of the molecule is O=C(O)C1CCCN1C(c1ccc(Br)cc1)c1ccccn1. The molecular formula is C17H17BrN2O2. The average molecular weight is 361 g/mol. The first-order valence-electron chi connectivity index (χ1n) is 7.32. The Morgan fingerprint density at radius 3 is 2.68 bits per heavy atom. The van der Waals surface area contributed by atoms with E-state index in [-0.39, 0.29) is 6.04 Å². The van der Waals surface area contributed by atoms with Crippen LogP contribution < -0.4 is 0 Å². The summed E-state index contributed by atoms with van der Waals surface area (Å²) in [6, 6.07) is 13.2. The molecule has 2 heterocycles. The minimum Gasteiger partial charge on any atom is -0.480 e. The zero-order valence-electron chi connectivity index (χ0n) is 12.0. The maximum absolute atomic E-state index is 11.6. The number of aromatic nitrogens is 1. The topological polar surface area (TPSA) is 53.4 Å². The third-order valence-corrected chi connectivity index (χ3v) is 4.59. The first kappa shape index (κ1) is 15.2. The van der Waals surface area contributed by atoms with Crippen molar-refractivity contribution in [1.82, 2.24) is 9.88 Å². The van der Waals surface area contributed by atoms with Gasteiger partial charge in [-0.2, -0.15) is 0 Å². The quantitative estimate of drug-likeness (QED) is 0.906. The fraction of sp³-hybridized carbons (Fsp3) is 0.294. The summed E-state index contributed by atoms with van der Waals surface area (Å²) in [5.74, 6) is -0.754. The first-order chi connectivity index (χ1) is 10.7. The smallest absolute Gasteiger partial charge is 0.320 e. The van der Waals surface area contributed by atoms with E-state index in [2.05, 4.69) is 20.9 Å². The molecule has 114 valence electrons. The van der Waals surface area contributed by atoms with Crippen LogP contribution in [0, 0.1) is 0 Å². The summed E-state index contributed by atoms with van der Waals surface area (Å²) in [4.78, 5) is 18.1. The van der Waals surface area contributed by atoms with Gasteiger partial charge < -0.3 is 5.11 Å². The third-order valence-electron chi connectivity index (χ3n) is 4.06. The van der Waals surface area contributed by atoms with Crippen LogP contribution in [0.15, 0.2) is 53.1 Å². The number of rotatable bonds is 4. The number of likely N-dealkylation sites (tertiary alicyclic amines) is 1. The molecule has 1 N–H and O–H groups in total. The number of hydrogen-bond donors (Lipinski definition) is 1. The second kappa shape index (κ2) is 6.58. The van der Waals surface area contributed by atoms with E-state index >= 15 is 0 Å². The lowest BCUT2D eigenvalue weighted by Gasteiger charge is -2.31. The Morgan fingerprint density at radius 2 is 2.05 bits per heavy atom. The number of hydrogen-bond acceptors (Lipinski definition) is 3. The zero-order valence-corrected chi connectivity index (χ0v) is 13.6.